The fraction of sp³-hybridized carbons (Fsp3) is 0.409. The fourth-order valence-electron chi connectivity index (χ4n) is 4.34. The van der Waals surface area contributed by atoms with Gasteiger partial charge in [0.25, 0.3) is 0 Å². The summed E-state index contributed by atoms with van der Waals surface area (Å²) in [6.45, 7) is 5.36. The van der Waals surface area contributed by atoms with Gasteiger partial charge < -0.3 is 10.1 Å². The van der Waals surface area contributed by atoms with Crippen molar-refractivity contribution in [3.63, 3.8) is 0 Å². The van der Waals surface area contributed by atoms with E-state index < -0.39 is 12.4 Å². The van der Waals surface area contributed by atoms with Gasteiger partial charge in [-0.2, -0.15) is 20.1 Å². The molecule has 1 aliphatic heterocycles. The Labute approximate surface area is 210 Å². The van der Waals surface area contributed by atoms with E-state index in [2.05, 4.69) is 31.9 Å². The Morgan fingerprint density at radius 1 is 1.28 bits per heavy atom. The quantitative estimate of drug-likeness (QED) is 0.423. The first kappa shape index (κ1) is 25.5. The van der Waals surface area contributed by atoms with Gasteiger partial charge in [0.2, 0.25) is 0 Å². The highest BCUT2D eigenvalue weighted by atomic mass is 35.5. The van der Waals surface area contributed by atoms with Gasteiger partial charge in [-0.25, -0.2) is 9.20 Å². The molecule has 5 heterocycles. The van der Waals surface area contributed by atoms with E-state index in [4.69, 9.17) is 4.74 Å². The summed E-state index contributed by atoms with van der Waals surface area (Å²) in [7, 11) is 0. The van der Waals surface area contributed by atoms with Crippen molar-refractivity contribution in [2.24, 2.45) is 0 Å². The number of hydrogen-bond donors (Lipinski definition) is 1. The third-order valence-electron chi connectivity index (χ3n) is 6.14. The second kappa shape index (κ2) is 9.79. The number of fused-ring (bicyclic) bond motifs is 1. The Morgan fingerprint density at radius 3 is 2.69 bits per heavy atom. The van der Waals surface area contributed by atoms with Crippen molar-refractivity contribution in [2.75, 3.05) is 13.1 Å². The summed E-state index contributed by atoms with van der Waals surface area (Å²) in [4.78, 5) is 0. The molecule has 14 heteroatoms. The molecule has 0 radical (unpaired) electrons. The van der Waals surface area contributed by atoms with Gasteiger partial charge in [-0.05, 0) is 51.9 Å². The van der Waals surface area contributed by atoms with Crippen LogP contribution in [0.5, 0.6) is 5.75 Å². The Hall–Kier alpha value is -3.63. The molecule has 0 bridgehead atoms. The number of piperidine rings is 1. The molecule has 190 valence electrons. The van der Waals surface area contributed by atoms with Crippen molar-refractivity contribution >= 4 is 17.9 Å². The van der Waals surface area contributed by atoms with Gasteiger partial charge in [0.05, 0.1) is 17.9 Å². The van der Waals surface area contributed by atoms with Crippen molar-refractivity contribution in [3.8, 4) is 23.1 Å². The Morgan fingerprint density at radius 2 is 2.03 bits per heavy atom. The molecule has 10 nitrogen and oxygen atoms in total. The molecule has 5 rings (SSSR count). The number of alkyl halides is 3. The Kier molecular flexibility index (Phi) is 6.92. The van der Waals surface area contributed by atoms with Crippen LogP contribution >= 0.6 is 12.4 Å². The molecule has 0 amide bonds. The number of hydrogen-bond acceptors (Lipinski definition) is 7. The van der Waals surface area contributed by atoms with E-state index >= 15 is 0 Å². The van der Waals surface area contributed by atoms with E-state index in [1.165, 1.54) is 16.8 Å². The standard InChI is InChI=1S/C22H22F3N9O.ClH/c1-13-20(29-31-34(13)17-3-6-27-7-4-17)15-9-19(21-16(10-26)11-28-32(21)12-15)35-14(2)18-5-8-33(30-18)22(23,24)25;/h5,8-9,11-12,14,17,27H,3-4,6-7H2,1-2H3;1H. The first-order valence-corrected chi connectivity index (χ1v) is 11.1. The highest BCUT2D eigenvalue weighted by Gasteiger charge is 2.32. The maximum Gasteiger partial charge on any atom is 0.504 e. The predicted octanol–water partition coefficient (Wildman–Crippen LogP) is 3.93. The SMILES string of the molecule is Cc1c(-c2cc(OC(C)c3ccn(C(F)(F)F)n3)c3c(C#N)cnn3c2)nnn1C1CCNCC1.Cl. The smallest absolute Gasteiger partial charge is 0.482 e. The van der Waals surface area contributed by atoms with Crippen LogP contribution in [0.3, 0.4) is 0 Å². The molecular weight excluding hydrogens is 499 g/mol. The lowest BCUT2D eigenvalue weighted by Crippen LogP contribution is -2.30. The molecule has 0 aromatic carbocycles. The monoisotopic (exact) mass is 521 g/mol. The van der Waals surface area contributed by atoms with Gasteiger partial charge in [-0.1, -0.05) is 5.21 Å². The molecule has 0 spiro atoms. The molecule has 1 aliphatic rings. The molecule has 4 aromatic rings. The van der Waals surface area contributed by atoms with Crippen molar-refractivity contribution in [1.29, 1.82) is 5.26 Å². The minimum atomic E-state index is -4.62. The van der Waals surface area contributed by atoms with E-state index in [0.717, 1.165) is 37.8 Å². The van der Waals surface area contributed by atoms with Gasteiger partial charge >= 0.3 is 6.30 Å². The largest absolute Gasteiger partial charge is 0.504 e. The number of ether oxygens (including phenoxy) is 1. The number of aromatic nitrogens is 7. The highest BCUT2D eigenvalue weighted by molar-refractivity contribution is 5.85. The Bertz CT molecular complexity index is 1410. The number of nitrogens with one attached hydrogen (secondary N) is 1. The van der Waals surface area contributed by atoms with E-state index in [9.17, 15) is 18.4 Å². The zero-order chi connectivity index (χ0) is 24.7. The number of rotatable bonds is 5. The van der Waals surface area contributed by atoms with E-state index in [1.54, 1.807) is 19.2 Å². The lowest BCUT2D eigenvalue weighted by molar-refractivity contribution is -0.212. The summed E-state index contributed by atoms with van der Waals surface area (Å²) in [6, 6.07) is 5.27. The van der Waals surface area contributed by atoms with Crippen molar-refractivity contribution < 1.29 is 17.9 Å². The molecular formula is C22H23ClF3N9O. The second-order valence-electron chi connectivity index (χ2n) is 8.42. The zero-order valence-electron chi connectivity index (χ0n) is 19.4. The molecule has 1 unspecified atom stereocenters. The highest BCUT2D eigenvalue weighted by Crippen LogP contribution is 2.34. The molecule has 0 saturated carbocycles. The summed E-state index contributed by atoms with van der Waals surface area (Å²) in [5, 5.41) is 29.5. The minimum Gasteiger partial charge on any atom is -0.482 e. The third kappa shape index (κ3) is 4.61. The number of halogens is 4. The van der Waals surface area contributed by atoms with E-state index in [0.29, 0.717) is 16.8 Å². The summed E-state index contributed by atoms with van der Waals surface area (Å²) in [5.41, 5.74) is 2.95. The molecule has 1 N–H and O–H groups in total. The topological polar surface area (TPSA) is 111 Å². The summed E-state index contributed by atoms with van der Waals surface area (Å²) < 4.78 is 48.3. The number of nitriles is 1. The first-order chi connectivity index (χ1) is 16.8. The second-order valence-corrected chi connectivity index (χ2v) is 8.42. The summed E-state index contributed by atoms with van der Waals surface area (Å²) >= 11 is 0. The number of nitrogens with zero attached hydrogens (tertiary/aromatic N) is 8. The van der Waals surface area contributed by atoms with Crippen LogP contribution in [0.1, 0.15) is 48.9 Å². The van der Waals surface area contributed by atoms with Crippen LogP contribution in [0.15, 0.2) is 30.7 Å². The predicted molar refractivity (Wildman–Crippen MR) is 125 cm³/mol. The maximum absolute atomic E-state index is 13.0. The van der Waals surface area contributed by atoms with Crippen LogP contribution in [0.25, 0.3) is 16.8 Å². The minimum absolute atomic E-state index is 0. The van der Waals surface area contributed by atoms with Crippen molar-refractivity contribution in [3.05, 3.63) is 47.7 Å². The third-order valence-corrected chi connectivity index (χ3v) is 6.14. The van der Waals surface area contributed by atoms with Crippen LogP contribution in [0.2, 0.25) is 0 Å². The van der Waals surface area contributed by atoms with Gasteiger partial charge in [0, 0.05) is 18.0 Å². The molecule has 4 aromatic heterocycles. The van der Waals surface area contributed by atoms with Crippen LogP contribution in [-0.4, -0.2) is 47.5 Å². The fourth-order valence-corrected chi connectivity index (χ4v) is 4.34. The molecule has 1 saturated heterocycles. The average molecular weight is 522 g/mol. The van der Waals surface area contributed by atoms with Crippen molar-refractivity contribution in [2.45, 2.75) is 45.1 Å². The maximum atomic E-state index is 13.0. The van der Waals surface area contributed by atoms with Crippen molar-refractivity contribution in [1.82, 2.24) is 39.7 Å². The van der Waals surface area contributed by atoms with E-state index in [-0.39, 0.29) is 40.1 Å². The zero-order valence-corrected chi connectivity index (χ0v) is 20.2. The molecule has 0 aliphatic carbocycles. The van der Waals surface area contributed by atoms with Crippen LogP contribution in [-0.2, 0) is 6.30 Å². The summed E-state index contributed by atoms with van der Waals surface area (Å²) in [6.07, 6.45) is 0.425. The van der Waals surface area contributed by atoms with Gasteiger partial charge in [-0.15, -0.1) is 30.7 Å². The van der Waals surface area contributed by atoms with Gasteiger partial charge in [0.15, 0.2) is 0 Å². The normalized spacial score (nSPS) is 15.4. The Balaban J connectivity index is 0.00000304. The van der Waals surface area contributed by atoms with Gasteiger partial charge in [0.1, 0.15) is 40.4 Å². The molecule has 1 fully saturated rings. The molecule has 36 heavy (non-hydrogen) atoms. The molecule has 1 atom stereocenters. The number of pyridine rings is 1. The van der Waals surface area contributed by atoms with E-state index in [1.807, 2.05) is 11.6 Å². The average Bonchev–Trinajstić information content (AvgIpc) is 3.57. The van der Waals surface area contributed by atoms with Crippen LogP contribution in [0.4, 0.5) is 13.2 Å². The lowest BCUT2D eigenvalue weighted by atomic mass is 10.1. The van der Waals surface area contributed by atoms with Crippen LogP contribution in [0, 0.1) is 18.3 Å². The lowest BCUT2D eigenvalue weighted by Gasteiger charge is -2.23. The summed E-state index contributed by atoms with van der Waals surface area (Å²) in [5.74, 6) is 0.279. The van der Waals surface area contributed by atoms with Gasteiger partial charge in [-0.3, -0.25) is 0 Å². The first-order valence-electron chi connectivity index (χ1n) is 11.1. The van der Waals surface area contributed by atoms with Crippen LogP contribution < -0.4 is 10.1 Å².